The van der Waals surface area contributed by atoms with Crippen molar-refractivity contribution in [1.29, 1.82) is 0 Å². The lowest BCUT2D eigenvalue weighted by Gasteiger charge is -2.23. The van der Waals surface area contributed by atoms with Gasteiger partial charge in [0, 0.05) is 24.4 Å². The number of rotatable bonds is 2. The van der Waals surface area contributed by atoms with E-state index in [1.807, 2.05) is 6.07 Å². The molecule has 2 rings (SSSR count). The number of aromatic nitrogens is 1. The molecule has 0 aromatic carbocycles. The van der Waals surface area contributed by atoms with Gasteiger partial charge in [-0.1, -0.05) is 0 Å². The van der Waals surface area contributed by atoms with Crippen LogP contribution in [0.1, 0.15) is 24.5 Å². The fourth-order valence-corrected chi connectivity index (χ4v) is 2.99. The van der Waals surface area contributed by atoms with Crippen molar-refractivity contribution < 1.29 is 8.42 Å². The summed E-state index contributed by atoms with van der Waals surface area (Å²) in [6.45, 7) is 1.91. The van der Waals surface area contributed by atoms with Gasteiger partial charge in [0.2, 0.25) is 10.0 Å². The molecule has 1 saturated heterocycles. The van der Waals surface area contributed by atoms with Crippen molar-refractivity contribution in [1.82, 2.24) is 9.29 Å². The van der Waals surface area contributed by atoms with E-state index in [1.54, 1.807) is 12.3 Å². The minimum Gasteiger partial charge on any atom is -0.316 e. The zero-order valence-electron chi connectivity index (χ0n) is 8.81. The second kappa shape index (κ2) is 3.98. The normalized spacial score (nSPS) is 22.9. The summed E-state index contributed by atoms with van der Waals surface area (Å²) >= 11 is 0. The lowest BCUT2D eigenvalue weighted by Crippen LogP contribution is -2.30. The molecule has 1 aromatic heterocycles. The Hall–Kier alpha value is -0.810. The van der Waals surface area contributed by atoms with Crippen molar-refractivity contribution >= 4 is 10.0 Å². The molecule has 84 valence electrons. The molecule has 0 aliphatic carbocycles. The molecule has 5 heteroatoms. The molecule has 1 aliphatic rings. The Morgan fingerprint density at radius 2 is 2.33 bits per heavy atom. The highest BCUT2D eigenvalue weighted by Gasteiger charge is 2.20. The van der Waals surface area contributed by atoms with E-state index in [1.165, 1.54) is 10.2 Å². The number of hydrogen-bond acceptors (Lipinski definition) is 3. The molecule has 4 nitrogen and oxygen atoms in total. The standard InChI is InChI=1S/C10H16N2O2S/c1-15(13,14)12-7-3-5-10(12)9-4-2-6-11-8-9/h3,5,7,9,11H,2,4,6,8H2,1H3. The molecule has 1 aliphatic heterocycles. The third-order valence-corrected chi connectivity index (χ3v) is 3.86. The van der Waals surface area contributed by atoms with Crippen LogP contribution in [-0.2, 0) is 10.0 Å². The van der Waals surface area contributed by atoms with Crippen LogP contribution in [0, 0.1) is 0 Å². The summed E-state index contributed by atoms with van der Waals surface area (Å²) in [6.07, 6.45) is 5.04. The Morgan fingerprint density at radius 1 is 1.53 bits per heavy atom. The first kappa shape index (κ1) is 10.7. The van der Waals surface area contributed by atoms with Gasteiger partial charge >= 0.3 is 0 Å². The van der Waals surface area contributed by atoms with Crippen molar-refractivity contribution in [2.75, 3.05) is 19.3 Å². The predicted molar refractivity (Wildman–Crippen MR) is 59.5 cm³/mol. The van der Waals surface area contributed by atoms with Gasteiger partial charge in [0.05, 0.1) is 6.26 Å². The fourth-order valence-electron chi connectivity index (χ4n) is 2.10. The van der Waals surface area contributed by atoms with Crippen LogP contribution in [-0.4, -0.2) is 31.7 Å². The molecule has 0 radical (unpaired) electrons. The first-order chi connectivity index (χ1) is 7.09. The van der Waals surface area contributed by atoms with Crippen LogP contribution in [0.5, 0.6) is 0 Å². The molecule has 0 bridgehead atoms. The zero-order chi connectivity index (χ0) is 10.9. The second-order valence-electron chi connectivity index (χ2n) is 4.04. The third-order valence-electron chi connectivity index (χ3n) is 2.82. The predicted octanol–water partition coefficient (Wildman–Crippen LogP) is 0.763. The molecule has 1 atom stereocenters. The quantitative estimate of drug-likeness (QED) is 0.813. The summed E-state index contributed by atoms with van der Waals surface area (Å²) in [7, 11) is -3.15. The van der Waals surface area contributed by atoms with Crippen molar-refractivity contribution in [3.63, 3.8) is 0 Å². The SMILES string of the molecule is CS(=O)(=O)n1cccc1C1CCCNC1. The fraction of sp³-hybridized carbons (Fsp3) is 0.600. The Bertz CT molecular complexity index is 430. The molecular formula is C10H16N2O2S. The molecule has 15 heavy (non-hydrogen) atoms. The molecule has 1 unspecified atom stereocenters. The van der Waals surface area contributed by atoms with Gasteiger partial charge in [-0.05, 0) is 31.5 Å². The third kappa shape index (κ3) is 2.23. The molecule has 1 aromatic rings. The molecule has 0 spiro atoms. The topological polar surface area (TPSA) is 51.1 Å². The number of nitrogens with zero attached hydrogens (tertiary/aromatic N) is 1. The summed E-state index contributed by atoms with van der Waals surface area (Å²) in [5.41, 5.74) is 0.907. The van der Waals surface area contributed by atoms with Crippen LogP contribution in [0.25, 0.3) is 0 Å². The Labute approximate surface area is 90.3 Å². The van der Waals surface area contributed by atoms with Gasteiger partial charge in [0.1, 0.15) is 0 Å². The minimum absolute atomic E-state index is 0.323. The molecule has 1 fully saturated rings. The van der Waals surface area contributed by atoms with E-state index in [2.05, 4.69) is 5.32 Å². The van der Waals surface area contributed by atoms with Crippen molar-refractivity contribution in [2.24, 2.45) is 0 Å². The smallest absolute Gasteiger partial charge is 0.235 e. The van der Waals surface area contributed by atoms with Crippen LogP contribution in [0.3, 0.4) is 0 Å². The van der Waals surface area contributed by atoms with Gasteiger partial charge in [0.15, 0.2) is 0 Å². The molecule has 0 saturated carbocycles. The molecule has 0 amide bonds. The Morgan fingerprint density at radius 3 is 2.93 bits per heavy atom. The Balaban J connectivity index is 2.32. The maximum Gasteiger partial charge on any atom is 0.235 e. The molecule has 2 heterocycles. The highest BCUT2D eigenvalue weighted by molar-refractivity contribution is 7.89. The summed E-state index contributed by atoms with van der Waals surface area (Å²) in [5.74, 6) is 0.323. The zero-order valence-corrected chi connectivity index (χ0v) is 9.63. The van der Waals surface area contributed by atoms with Crippen LogP contribution in [0.2, 0.25) is 0 Å². The monoisotopic (exact) mass is 228 g/mol. The molecule has 1 N–H and O–H groups in total. The van der Waals surface area contributed by atoms with Gasteiger partial charge in [0.25, 0.3) is 0 Å². The maximum atomic E-state index is 11.5. The van der Waals surface area contributed by atoms with E-state index < -0.39 is 10.0 Å². The average molecular weight is 228 g/mol. The highest BCUT2D eigenvalue weighted by Crippen LogP contribution is 2.24. The van der Waals surface area contributed by atoms with Crippen molar-refractivity contribution in [2.45, 2.75) is 18.8 Å². The average Bonchev–Trinajstić information content (AvgIpc) is 2.67. The van der Waals surface area contributed by atoms with Gasteiger partial charge in [-0.25, -0.2) is 12.4 Å². The van der Waals surface area contributed by atoms with Crippen LogP contribution in [0.4, 0.5) is 0 Å². The van der Waals surface area contributed by atoms with Gasteiger partial charge < -0.3 is 5.32 Å². The lowest BCUT2D eigenvalue weighted by atomic mass is 9.96. The van der Waals surface area contributed by atoms with Gasteiger partial charge in [-0.2, -0.15) is 0 Å². The summed E-state index contributed by atoms with van der Waals surface area (Å²) in [5, 5.41) is 3.29. The number of nitrogens with one attached hydrogen (secondary N) is 1. The van der Waals surface area contributed by atoms with E-state index in [4.69, 9.17) is 0 Å². The van der Waals surface area contributed by atoms with Crippen molar-refractivity contribution in [3.8, 4) is 0 Å². The summed E-state index contributed by atoms with van der Waals surface area (Å²) in [4.78, 5) is 0. The number of hydrogen-bond donors (Lipinski definition) is 1. The van der Waals surface area contributed by atoms with Crippen molar-refractivity contribution in [3.05, 3.63) is 24.0 Å². The number of piperidine rings is 1. The highest BCUT2D eigenvalue weighted by atomic mass is 32.2. The minimum atomic E-state index is -3.15. The summed E-state index contributed by atoms with van der Waals surface area (Å²) in [6, 6.07) is 3.70. The van der Waals surface area contributed by atoms with Gasteiger partial charge in [-0.3, -0.25) is 0 Å². The first-order valence-corrected chi connectivity index (χ1v) is 7.02. The second-order valence-corrected chi connectivity index (χ2v) is 5.89. The lowest BCUT2D eigenvalue weighted by molar-refractivity contribution is 0.452. The molecular weight excluding hydrogens is 212 g/mol. The first-order valence-electron chi connectivity index (χ1n) is 5.17. The summed E-state index contributed by atoms with van der Waals surface area (Å²) < 4.78 is 24.4. The van der Waals surface area contributed by atoms with Crippen LogP contribution in [0.15, 0.2) is 18.3 Å². The Kier molecular flexibility index (Phi) is 2.84. The van der Waals surface area contributed by atoms with Gasteiger partial charge in [-0.15, -0.1) is 0 Å². The largest absolute Gasteiger partial charge is 0.316 e. The maximum absolute atomic E-state index is 11.5. The van der Waals surface area contributed by atoms with Crippen LogP contribution >= 0.6 is 0 Å². The van der Waals surface area contributed by atoms with E-state index >= 15 is 0 Å². The van der Waals surface area contributed by atoms with E-state index in [0.29, 0.717) is 5.92 Å². The van der Waals surface area contributed by atoms with Crippen LogP contribution < -0.4 is 5.32 Å². The van der Waals surface area contributed by atoms with E-state index in [-0.39, 0.29) is 0 Å². The van der Waals surface area contributed by atoms with E-state index in [0.717, 1.165) is 31.6 Å². The van der Waals surface area contributed by atoms with E-state index in [9.17, 15) is 8.42 Å².